The summed E-state index contributed by atoms with van der Waals surface area (Å²) in [5.74, 6) is -0.539. The first-order valence-electron chi connectivity index (χ1n) is 9.40. The number of hydrogen-bond donors (Lipinski definition) is 2. The van der Waals surface area contributed by atoms with Crippen molar-refractivity contribution in [1.29, 1.82) is 0 Å². The predicted octanol–water partition coefficient (Wildman–Crippen LogP) is 3.86. The van der Waals surface area contributed by atoms with Gasteiger partial charge in [0.2, 0.25) is 5.91 Å². The number of nitrogens with zero attached hydrogens (tertiary/aromatic N) is 2. The summed E-state index contributed by atoms with van der Waals surface area (Å²) >= 11 is 0. The molecule has 3 aromatic rings. The van der Waals surface area contributed by atoms with Crippen molar-refractivity contribution in [3.63, 3.8) is 0 Å². The molecule has 0 saturated carbocycles. The van der Waals surface area contributed by atoms with Gasteiger partial charge in [0.15, 0.2) is 0 Å². The van der Waals surface area contributed by atoms with E-state index in [1.54, 1.807) is 18.2 Å². The zero-order valence-corrected chi connectivity index (χ0v) is 16.9. The lowest BCUT2D eigenvalue weighted by molar-refractivity contribution is -0.121. The largest absolute Gasteiger partial charge is 0.369 e. The molecule has 1 heterocycles. The van der Waals surface area contributed by atoms with Gasteiger partial charge in [0.05, 0.1) is 23.0 Å². The normalized spacial score (nSPS) is 10.9. The van der Waals surface area contributed by atoms with Crippen LogP contribution in [0.3, 0.4) is 0 Å². The molecule has 0 radical (unpaired) electrons. The second-order valence-corrected chi connectivity index (χ2v) is 7.12. The van der Waals surface area contributed by atoms with Crippen molar-refractivity contribution in [2.75, 3.05) is 17.2 Å². The minimum Gasteiger partial charge on any atom is -0.369 e. The van der Waals surface area contributed by atoms with Crippen LogP contribution in [0.1, 0.15) is 35.5 Å². The molecule has 3 rings (SSSR count). The van der Waals surface area contributed by atoms with Crippen LogP contribution in [-0.4, -0.2) is 34.7 Å². The highest BCUT2D eigenvalue weighted by molar-refractivity contribution is 6.09. The van der Waals surface area contributed by atoms with Gasteiger partial charge in [0.1, 0.15) is 6.61 Å². The van der Waals surface area contributed by atoms with Crippen LogP contribution in [0.25, 0.3) is 10.9 Å². The van der Waals surface area contributed by atoms with Crippen molar-refractivity contribution in [1.82, 2.24) is 10.2 Å². The van der Waals surface area contributed by atoms with E-state index in [0.29, 0.717) is 22.5 Å². The Morgan fingerprint density at radius 1 is 1.00 bits per heavy atom. The summed E-state index contributed by atoms with van der Waals surface area (Å²) < 4.78 is 5.32. The molecule has 0 atom stereocenters. The van der Waals surface area contributed by atoms with Crippen molar-refractivity contribution >= 4 is 34.1 Å². The number of amides is 2. The zero-order valence-electron chi connectivity index (χ0n) is 16.9. The highest BCUT2D eigenvalue weighted by atomic mass is 16.5. The number of benzene rings is 2. The second kappa shape index (κ2) is 8.79. The van der Waals surface area contributed by atoms with E-state index in [2.05, 4.69) is 20.8 Å². The number of ether oxygens (including phenoxy) is 1. The summed E-state index contributed by atoms with van der Waals surface area (Å²) in [6.07, 6.45) is -0.0343. The fourth-order valence-corrected chi connectivity index (χ4v) is 2.79. The van der Waals surface area contributed by atoms with Crippen LogP contribution < -0.4 is 10.6 Å². The molecule has 2 amide bonds. The Morgan fingerprint density at radius 3 is 2.55 bits per heavy atom. The summed E-state index contributed by atoms with van der Waals surface area (Å²) in [7, 11) is 0. The quantitative estimate of drug-likeness (QED) is 0.664. The van der Waals surface area contributed by atoms with Crippen LogP contribution in [0.2, 0.25) is 0 Å². The molecule has 150 valence electrons. The molecule has 1 aromatic heterocycles. The Kier molecular flexibility index (Phi) is 6.19. The van der Waals surface area contributed by atoms with Crippen LogP contribution in [0.4, 0.5) is 11.4 Å². The highest BCUT2D eigenvalue weighted by Gasteiger charge is 2.13. The Morgan fingerprint density at radius 2 is 1.79 bits per heavy atom. The molecule has 0 bridgehead atoms. The van der Waals surface area contributed by atoms with E-state index in [4.69, 9.17) is 4.74 Å². The van der Waals surface area contributed by atoms with Crippen molar-refractivity contribution in [3.05, 3.63) is 59.3 Å². The predicted molar refractivity (Wildman–Crippen MR) is 113 cm³/mol. The molecule has 0 unspecified atom stereocenters. The fourth-order valence-electron chi connectivity index (χ4n) is 2.79. The van der Waals surface area contributed by atoms with E-state index in [0.717, 1.165) is 16.6 Å². The van der Waals surface area contributed by atoms with Gasteiger partial charge in [-0.05, 0) is 63.6 Å². The first-order chi connectivity index (χ1) is 13.8. The number of hydrogen-bond acceptors (Lipinski definition) is 5. The molecule has 0 aliphatic rings. The minimum absolute atomic E-state index is 0.0343. The van der Waals surface area contributed by atoms with Crippen LogP contribution in [0, 0.1) is 13.8 Å². The lowest BCUT2D eigenvalue weighted by Gasteiger charge is -2.13. The molecule has 0 aliphatic heterocycles. The van der Waals surface area contributed by atoms with E-state index in [1.165, 1.54) is 0 Å². The zero-order chi connectivity index (χ0) is 21.0. The summed E-state index contributed by atoms with van der Waals surface area (Å²) in [5, 5.41) is 14.7. The number of carbonyl (C=O) groups excluding carboxylic acids is 2. The molecule has 0 aliphatic carbocycles. The van der Waals surface area contributed by atoms with Gasteiger partial charge in [-0.1, -0.05) is 12.1 Å². The minimum atomic E-state index is -0.277. The number of anilines is 2. The second-order valence-electron chi connectivity index (χ2n) is 7.12. The lowest BCUT2D eigenvalue weighted by atomic mass is 10.1. The number of rotatable bonds is 6. The Labute approximate surface area is 169 Å². The molecule has 2 aromatic carbocycles. The number of carbonyl (C=O) groups is 2. The molecule has 7 heteroatoms. The van der Waals surface area contributed by atoms with E-state index in [-0.39, 0.29) is 24.5 Å². The van der Waals surface area contributed by atoms with Crippen LogP contribution in [0.5, 0.6) is 0 Å². The molecule has 0 fully saturated rings. The van der Waals surface area contributed by atoms with Gasteiger partial charge in [0, 0.05) is 16.6 Å². The van der Waals surface area contributed by atoms with Gasteiger partial charge in [-0.3, -0.25) is 9.59 Å². The number of fused-ring (bicyclic) bond motifs is 1. The molecular weight excluding hydrogens is 368 g/mol. The van der Waals surface area contributed by atoms with Gasteiger partial charge in [-0.25, -0.2) is 0 Å². The summed E-state index contributed by atoms with van der Waals surface area (Å²) in [5.41, 5.74) is 4.00. The summed E-state index contributed by atoms with van der Waals surface area (Å²) in [6.45, 7) is 7.41. The van der Waals surface area contributed by atoms with Gasteiger partial charge in [-0.15, -0.1) is 0 Å². The van der Waals surface area contributed by atoms with Gasteiger partial charge in [-0.2, -0.15) is 10.2 Å². The molecule has 29 heavy (non-hydrogen) atoms. The average Bonchev–Trinajstić information content (AvgIpc) is 2.68. The maximum absolute atomic E-state index is 12.8. The summed E-state index contributed by atoms with van der Waals surface area (Å²) in [4.78, 5) is 24.9. The topological polar surface area (TPSA) is 93.2 Å². The highest BCUT2D eigenvalue weighted by Crippen LogP contribution is 2.23. The third-order valence-electron chi connectivity index (χ3n) is 4.32. The number of nitrogens with one attached hydrogen (secondary N) is 2. The van der Waals surface area contributed by atoms with E-state index in [1.807, 2.05) is 52.0 Å². The van der Waals surface area contributed by atoms with E-state index in [9.17, 15) is 9.59 Å². The molecule has 0 spiro atoms. The van der Waals surface area contributed by atoms with Crippen LogP contribution >= 0.6 is 0 Å². The molecule has 7 nitrogen and oxygen atoms in total. The number of aryl methyl sites for hydroxylation is 2. The molecular formula is C22H24N4O3. The van der Waals surface area contributed by atoms with E-state index < -0.39 is 0 Å². The lowest BCUT2D eigenvalue weighted by Crippen LogP contribution is -2.21. The van der Waals surface area contributed by atoms with Crippen molar-refractivity contribution in [3.8, 4) is 0 Å². The van der Waals surface area contributed by atoms with Gasteiger partial charge < -0.3 is 15.4 Å². The van der Waals surface area contributed by atoms with Gasteiger partial charge in [0.25, 0.3) is 5.91 Å². The Bertz CT molecular complexity index is 1060. The van der Waals surface area contributed by atoms with Crippen molar-refractivity contribution in [2.24, 2.45) is 0 Å². The maximum atomic E-state index is 12.8. The van der Waals surface area contributed by atoms with E-state index >= 15 is 0 Å². The summed E-state index contributed by atoms with van der Waals surface area (Å²) in [6, 6.07) is 12.5. The average molecular weight is 392 g/mol. The van der Waals surface area contributed by atoms with Crippen molar-refractivity contribution < 1.29 is 14.3 Å². The Balaban J connectivity index is 1.80. The number of aromatic nitrogens is 2. The van der Waals surface area contributed by atoms with Crippen molar-refractivity contribution in [2.45, 2.75) is 33.8 Å². The maximum Gasteiger partial charge on any atom is 0.255 e. The fraction of sp³-hybridized carbons (Fsp3) is 0.273. The third kappa shape index (κ3) is 5.14. The van der Waals surface area contributed by atoms with Crippen LogP contribution in [-0.2, 0) is 9.53 Å². The van der Waals surface area contributed by atoms with Crippen LogP contribution in [0.15, 0.2) is 42.5 Å². The smallest absolute Gasteiger partial charge is 0.255 e. The molecule has 0 saturated heterocycles. The Hall–Kier alpha value is -3.32. The standard InChI is InChI=1S/C22H24N4O3/c1-13(2)29-12-21(27)23-20-11-16(9-8-14(20)3)22(28)24-18-6-5-7-19-17(18)10-15(4)25-26-19/h5-11,13H,12H2,1-4H3,(H,23,27)(H,24,28). The first-order valence-corrected chi connectivity index (χ1v) is 9.40. The molecule has 2 N–H and O–H groups in total. The van der Waals surface area contributed by atoms with Gasteiger partial charge >= 0.3 is 0 Å². The third-order valence-corrected chi connectivity index (χ3v) is 4.32. The first kappa shape index (κ1) is 20.4. The SMILES string of the molecule is Cc1cc2c(NC(=O)c3ccc(C)c(NC(=O)COC(C)C)c3)cccc2nn1. The monoisotopic (exact) mass is 392 g/mol.